The van der Waals surface area contributed by atoms with E-state index in [1.165, 1.54) is 0 Å². The third-order valence-corrected chi connectivity index (χ3v) is 4.61. The van der Waals surface area contributed by atoms with Crippen molar-refractivity contribution in [2.24, 2.45) is 0 Å². The molecule has 1 aliphatic carbocycles. The molecule has 3 nitrogen and oxygen atoms in total. The van der Waals surface area contributed by atoms with Crippen LogP contribution in [0.5, 0.6) is 0 Å². The monoisotopic (exact) mass is 252 g/mol. The second kappa shape index (κ2) is 3.50. The van der Waals surface area contributed by atoms with Crippen molar-refractivity contribution in [3.05, 3.63) is 47.8 Å². The molecule has 1 aromatic carbocycles. The van der Waals surface area contributed by atoms with E-state index >= 15 is 0 Å². The lowest BCUT2D eigenvalue weighted by atomic mass is 9.93. The van der Waals surface area contributed by atoms with E-state index in [0.29, 0.717) is 0 Å². The van der Waals surface area contributed by atoms with E-state index in [1.807, 2.05) is 36.3 Å². The van der Waals surface area contributed by atoms with Gasteiger partial charge in [0.15, 0.2) is 0 Å². The van der Waals surface area contributed by atoms with Gasteiger partial charge in [-0.25, -0.2) is 0 Å². The number of aromatic nitrogens is 1. The molecular formula is C16H16N2O. The quantitative estimate of drug-likeness (QED) is 0.832. The van der Waals surface area contributed by atoms with Crippen molar-refractivity contribution in [2.75, 3.05) is 7.05 Å². The summed E-state index contributed by atoms with van der Waals surface area (Å²) in [5.74, 6) is 0.166. The predicted octanol–water partition coefficient (Wildman–Crippen LogP) is 2.84. The Bertz CT molecular complexity index is 653. The maximum absolute atomic E-state index is 12.6. The zero-order chi connectivity index (χ0) is 13.0. The van der Waals surface area contributed by atoms with Gasteiger partial charge in [-0.3, -0.25) is 4.79 Å². The number of carbonyl (C=O) groups excluding carboxylic acids is 1. The molecule has 1 spiro atoms. The molecule has 2 heterocycles. The van der Waals surface area contributed by atoms with Crippen molar-refractivity contribution >= 4 is 5.91 Å². The van der Waals surface area contributed by atoms with Gasteiger partial charge in [0.1, 0.15) is 0 Å². The minimum absolute atomic E-state index is 0.114. The summed E-state index contributed by atoms with van der Waals surface area (Å²) in [5, 5.41) is 0. The fourth-order valence-electron chi connectivity index (χ4n) is 3.18. The smallest absolute Gasteiger partial charge is 0.256 e. The van der Waals surface area contributed by atoms with Crippen LogP contribution >= 0.6 is 0 Å². The number of benzene rings is 1. The van der Waals surface area contributed by atoms with Gasteiger partial charge < -0.3 is 9.88 Å². The van der Waals surface area contributed by atoms with Gasteiger partial charge in [0.25, 0.3) is 5.91 Å². The summed E-state index contributed by atoms with van der Waals surface area (Å²) in [5.41, 5.74) is 4.23. The molecule has 0 radical (unpaired) electrons. The number of nitrogens with one attached hydrogen (secondary N) is 1. The summed E-state index contributed by atoms with van der Waals surface area (Å²) >= 11 is 0. The van der Waals surface area contributed by atoms with Gasteiger partial charge in [0.2, 0.25) is 0 Å². The molecule has 1 aromatic heterocycles. The second-order valence-electron chi connectivity index (χ2n) is 5.69. The highest BCUT2D eigenvalue weighted by atomic mass is 16.2. The van der Waals surface area contributed by atoms with Crippen LogP contribution in [0, 0.1) is 0 Å². The van der Waals surface area contributed by atoms with Crippen molar-refractivity contribution in [1.82, 2.24) is 9.88 Å². The van der Waals surface area contributed by atoms with E-state index in [9.17, 15) is 4.79 Å². The first-order chi connectivity index (χ1) is 9.21. The van der Waals surface area contributed by atoms with Crippen LogP contribution in [0.15, 0.2) is 36.5 Å². The van der Waals surface area contributed by atoms with Crippen LogP contribution in [0.1, 0.15) is 28.9 Å². The second-order valence-corrected chi connectivity index (χ2v) is 5.69. The molecule has 1 N–H and O–H groups in total. The Morgan fingerprint density at radius 3 is 2.63 bits per heavy atom. The summed E-state index contributed by atoms with van der Waals surface area (Å²) in [7, 11) is 1.94. The van der Waals surface area contributed by atoms with Gasteiger partial charge in [0, 0.05) is 36.5 Å². The SMILES string of the molecule is CN1C(=O)c2c(-c3ccccc3)c[nH]c2CC12CC2. The van der Waals surface area contributed by atoms with E-state index in [4.69, 9.17) is 0 Å². The normalized spacial score (nSPS) is 19.6. The topological polar surface area (TPSA) is 36.1 Å². The molecule has 1 amide bonds. The van der Waals surface area contributed by atoms with E-state index < -0.39 is 0 Å². The van der Waals surface area contributed by atoms with E-state index in [0.717, 1.165) is 41.6 Å². The number of H-pyrrole nitrogens is 1. The summed E-state index contributed by atoms with van der Waals surface area (Å²) in [4.78, 5) is 17.9. The fraction of sp³-hybridized carbons (Fsp3) is 0.312. The van der Waals surface area contributed by atoms with Crippen LogP contribution in [-0.4, -0.2) is 28.4 Å². The van der Waals surface area contributed by atoms with Crippen molar-refractivity contribution in [2.45, 2.75) is 24.8 Å². The van der Waals surface area contributed by atoms with Crippen LogP contribution in [0.4, 0.5) is 0 Å². The first kappa shape index (κ1) is 10.9. The standard InChI is InChI=1S/C16H16N2O/c1-18-15(19)14-12(11-5-3-2-4-6-11)10-17-13(14)9-16(18)7-8-16/h2-6,10,17H,7-9H2,1H3. The molecule has 2 aliphatic rings. The maximum Gasteiger partial charge on any atom is 0.256 e. The molecule has 0 atom stereocenters. The van der Waals surface area contributed by atoms with Crippen LogP contribution in [0.25, 0.3) is 11.1 Å². The Morgan fingerprint density at radius 2 is 1.95 bits per heavy atom. The minimum atomic E-state index is 0.114. The Labute approximate surface area is 112 Å². The van der Waals surface area contributed by atoms with Gasteiger partial charge >= 0.3 is 0 Å². The van der Waals surface area contributed by atoms with Crippen LogP contribution in [0.2, 0.25) is 0 Å². The van der Waals surface area contributed by atoms with Gasteiger partial charge in [0.05, 0.1) is 5.56 Å². The molecule has 19 heavy (non-hydrogen) atoms. The average molecular weight is 252 g/mol. The van der Waals surface area contributed by atoms with Gasteiger partial charge in [-0.1, -0.05) is 30.3 Å². The van der Waals surface area contributed by atoms with Crippen LogP contribution in [0.3, 0.4) is 0 Å². The van der Waals surface area contributed by atoms with Crippen LogP contribution < -0.4 is 0 Å². The zero-order valence-corrected chi connectivity index (χ0v) is 10.9. The summed E-state index contributed by atoms with van der Waals surface area (Å²) in [6.45, 7) is 0. The number of fused-ring (bicyclic) bond motifs is 1. The third kappa shape index (κ3) is 1.41. The first-order valence-corrected chi connectivity index (χ1v) is 6.75. The van der Waals surface area contributed by atoms with Crippen molar-refractivity contribution < 1.29 is 4.79 Å². The molecule has 96 valence electrons. The molecule has 4 rings (SSSR count). The zero-order valence-electron chi connectivity index (χ0n) is 10.9. The van der Waals surface area contributed by atoms with E-state index in [-0.39, 0.29) is 11.4 Å². The number of rotatable bonds is 1. The summed E-state index contributed by atoms with van der Waals surface area (Å²) in [6.07, 6.45) is 5.22. The maximum atomic E-state index is 12.6. The molecule has 0 saturated heterocycles. The number of hydrogen-bond acceptors (Lipinski definition) is 1. The van der Waals surface area contributed by atoms with Gasteiger partial charge in [-0.15, -0.1) is 0 Å². The largest absolute Gasteiger partial charge is 0.364 e. The number of carbonyl (C=O) groups is 1. The minimum Gasteiger partial charge on any atom is -0.364 e. The van der Waals surface area contributed by atoms with Gasteiger partial charge in [-0.05, 0) is 18.4 Å². The molecule has 0 unspecified atom stereocenters. The average Bonchev–Trinajstić information content (AvgIpc) is 3.08. The van der Waals surface area contributed by atoms with E-state index in [1.54, 1.807) is 0 Å². The van der Waals surface area contributed by atoms with Crippen LogP contribution in [-0.2, 0) is 6.42 Å². The lowest BCUT2D eigenvalue weighted by molar-refractivity contribution is 0.0681. The lowest BCUT2D eigenvalue weighted by Gasteiger charge is -2.33. The molecular weight excluding hydrogens is 236 g/mol. The number of hydrogen-bond donors (Lipinski definition) is 1. The number of amides is 1. The molecule has 1 aliphatic heterocycles. The molecule has 0 bridgehead atoms. The summed E-state index contributed by atoms with van der Waals surface area (Å²) < 4.78 is 0. The fourth-order valence-corrected chi connectivity index (χ4v) is 3.18. The molecule has 3 heteroatoms. The number of likely N-dealkylation sites (N-methyl/N-ethyl adjacent to an activating group) is 1. The molecule has 2 aromatic rings. The Morgan fingerprint density at radius 1 is 1.21 bits per heavy atom. The summed E-state index contributed by atoms with van der Waals surface area (Å²) in [6, 6.07) is 10.1. The van der Waals surface area contributed by atoms with Gasteiger partial charge in [-0.2, -0.15) is 0 Å². The Kier molecular flexibility index (Phi) is 2.00. The van der Waals surface area contributed by atoms with Crippen molar-refractivity contribution in [3.8, 4) is 11.1 Å². The first-order valence-electron chi connectivity index (χ1n) is 6.75. The Hall–Kier alpha value is -2.03. The third-order valence-electron chi connectivity index (χ3n) is 4.61. The van der Waals surface area contributed by atoms with E-state index in [2.05, 4.69) is 17.1 Å². The molecule has 1 fully saturated rings. The number of aromatic amines is 1. The highest BCUT2D eigenvalue weighted by molar-refractivity contribution is 6.03. The van der Waals surface area contributed by atoms with Crippen molar-refractivity contribution in [3.63, 3.8) is 0 Å². The predicted molar refractivity (Wildman–Crippen MR) is 74.0 cm³/mol. The highest BCUT2D eigenvalue weighted by Gasteiger charge is 2.52. The Balaban J connectivity index is 1.86. The van der Waals surface area contributed by atoms with Crippen molar-refractivity contribution in [1.29, 1.82) is 0 Å². The highest BCUT2D eigenvalue weighted by Crippen LogP contribution is 2.48. The molecule has 1 saturated carbocycles. The lowest BCUT2D eigenvalue weighted by Crippen LogP contribution is -2.44. The number of nitrogens with zero attached hydrogens (tertiary/aromatic N) is 1.